The van der Waals surface area contributed by atoms with Crippen LogP contribution in [0.5, 0.6) is 0 Å². The second-order valence-corrected chi connectivity index (χ2v) is 5.20. The van der Waals surface area contributed by atoms with Crippen molar-refractivity contribution in [3.05, 3.63) is 73.1 Å². The van der Waals surface area contributed by atoms with Crippen LogP contribution in [0.3, 0.4) is 0 Å². The highest BCUT2D eigenvalue weighted by atomic mass is 15.2. The fraction of sp³-hybridized carbons (Fsp3) is 0.158. The Bertz CT molecular complexity index is 689. The average Bonchev–Trinajstić information content (AvgIpc) is 2.62. The van der Waals surface area contributed by atoms with Crippen LogP contribution in [0.25, 0.3) is 0 Å². The maximum Gasteiger partial charge on any atom is 0.158 e. The van der Waals surface area contributed by atoms with Crippen LogP contribution in [0.4, 0.5) is 23.0 Å². The molecule has 0 amide bonds. The normalized spacial score (nSPS) is 10.3. The second kappa shape index (κ2) is 7.40. The number of nitrogens with one attached hydrogen (secondary N) is 1. The first-order valence-corrected chi connectivity index (χ1v) is 7.84. The molecule has 3 aromatic rings. The van der Waals surface area contributed by atoms with Gasteiger partial charge in [0.2, 0.25) is 0 Å². The van der Waals surface area contributed by atoms with Crippen molar-refractivity contribution in [1.82, 2.24) is 9.97 Å². The van der Waals surface area contributed by atoms with Crippen molar-refractivity contribution < 1.29 is 0 Å². The van der Waals surface area contributed by atoms with Gasteiger partial charge in [0, 0.05) is 17.9 Å². The van der Waals surface area contributed by atoms with Gasteiger partial charge in [-0.05, 0) is 30.7 Å². The summed E-state index contributed by atoms with van der Waals surface area (Å²) in [6, 6.07) is 20.4. The first-order valence-electron chi connectivity index (χ1n) is 7.84. The number of rotatable bonds is 6. The summed E-state index contributed by atoms with van der Waals surface area (Å²) in [4.78, 5) is 11.2. The van der Waals surface area contributed by atoms with Crippen molar-refractivity contribution in [2.24, 2.45) is 0 Å². The number of anilines is 4. The van der Waals surface area contributed by atoms with E-state index in [-0.39, 0.29) is 0 Å². The number of aromatic nitrogens is 2. The van der Waals surface area contributed by atoms with E-state index in [0.717, 1.165) is 36.0 Å². The maximum atomic E-state index is 4.72. The molecule has 0 fully saturated rings. The Morgan fingerprint density at radius 1 is 0.870 bits per heavy atom. The molecule has 0 saturated carbocycles. The zero-order chi connectivity index (χ0) is 15.9. The number of hydrogen-bond acceptors (Lipinski definition) is 4. The third kappa shape index (κ3) is 3.66. The fourth-order valence-corrected chi connectivity index (χ4v) is 2.37. The molecule has 0 spiro atoms. The molecule has 116 valence electrons. The summed E-state index contributed by atoms with van der Waals surface area (Å²) in [7, 11) is 0. The van der Waals surface area contributed by atoms with E-state index in [1.807, 2.05) is 36.4 Å². The van der Waals surface area contributed by atoms with Crippen LogP contribution in [-0.2, 0) is 0 Å². The smallest absolute Gasteiger partial charge is 0.158 e. The lowest BCUT2D eigenvalue weighted by Crippen LogP contribution is -2.13. The fourth-order valence-electron chi connectivity index (χ4n) is 2.37. The zero-order valence-corrected chi connectivity index (χ0v) is 13.2. The Morgan fingerprint density at radius 2 is 1.48 bits per heavy atom. The summed E-state index contributed by atoms with van der Waals surface area (Å²) in [5.41, 5.74) is 2.11. The molecule has 0 aliphatic rings. The monoisotopic (exact) mass is 304 g/mol. The summed E-state index contributed by atoms with van der Waals surface area (Å²) >= 11 is 0. The van der Waals surface area contributed by atoms with Crippen molar-refractivity contribution >= 4 is 23.0 Å². The van der Waals surface area contributed by atoms with Crippen LogP contribution in [0, 0.1) is 0 Å². The molecule has 0 bridgehead atoms. The Morgan fingerprint density at radius 3 is 2.04 bits per heavy atom. The molecule has 1 heterocycles. The highest BCUT2D eigenvalue weighted by Crippen LogP contribution is 2.32. The van der Waals surface area contributed by atoms with Gasteiger partial charge in [0.1, 0.15) is 5.82 Å². The summed E-state index contributed by atoms with van der Waals surface area (Å²) in [5.74, 6) is 1.59. The largest absolute Gasteiger partial charge is 0.369 e. The Hall–Kier alpha value is -2.88. The van der Waals surface area contributed by atoms with Gasteiger partial charge in [-0.3, -0.25) is 9.88 Å². The second-order valence-electron chi connectivity index (χ2n) is 5.20. The topological polar surface area (TPSA) is 41.1 Å². The lowest BCUT2D eigenvalue weighted by molar-refractivity contribution is 0.962. The van der Waals surface area contributed by atoms with Gasteiger partial charge >= 0.3 is 0 Å². The molecule has 0 unspecified atom stereocenters. The number of para-hydroxylation sites is 2. The van der Waals surface area contributed by atoms with E-state index in [9.17, 15) is 0 Å². The van der Waals surface area contributed by atoms with E-state index >= 15 is 0 Å². The highest BCUT2D eigenvalue weighted by Gasteiger charge is 2.13. The molecule has 1 N–H and O–H groups in total. The van der Waals surface area contributed by atoms with Gasteiger partial charge in [0.15, 0.2) is 5.82 Å². The Labute approximate surface area is 136 Å². The molecule has 0 saturated heterocycles. The van der Waals surface area contributed by atoms with Gasteiger partial charge in [-0.25, -0.2) is 4.98 Å². The third-order valence-electron chi connectivity index (χ3n) is 3.44. The minimum absolute atomic E-state index is 0.793. The molecule has 2 aromatic carbocycles. The molecule has 0 atom stereocenters. The van der Waals surface area contributed by atoms with Gasteiger partial charge in [-0.2, -0.15) is 0 Å². The van der Waals surface area contributed by atoms with Gasteiger partial charge in [-0.1, -0.05) is 43.3 Å². The van der Waals surface area contributed by atoms with Gasteiger partial charge < -0.3 is 5.32 Å². The van der Waals surface area contributed by atoms with Crippen molar-refractivity contribution in [3.8, 4) is 0 Å². The van der Waals surface area contributed by atoms with Gasteiger partial charge in [0.25, 0.3) is 0 Å². The Balaban J connectivity index is 2.02. The van der Waals surface area contributed by atoms with E-state index in [1.165, 1.54) is 0 Å². The predicted octanol–water partition coefficient (Wildman–Crippen LogP) is 4.77. The summed E-state index contributed by atoms with van der Waals surface area (Å²) < 4.78 is 0. The van der Waals surface area contributed by atoms with E-state index in [1.54, 1.807) is 12.4 Å². The predicted molar refractivity (Wildman–Crippen MR) is 95.5 cm³/mol. The van der Waals surface area contributed by atoms with E-state index in [4.69, 9.17) is 4.98 Å². The first-order chi connectivity index (χ1) is 11.4. The summed E-state index contributed by atoms with van der Waals surface area (Å²) in [6.45, 7) is 3.01. The molecule has 0 aliphatic carbocycles. The summed E-state index contributed by atoms with van der Waals surface area (Å²) in [5, 5.41) is 3.29. The zero-order valence-electron chi connectivity index (χ0n) is 13.2. The highest BCUT2D eigenvalue weighted by molar-refractivity contribution is 5.74. The standard InChI is InChI=1S/C19H20N4/c1-2-13-21-18-14-20-15-19(22-18)23(16-9-5-3-6-10-16)17-11-7-4-8-12-17/h3-12,14-15H,2,13H2,1H3,(H,21,22). The van der Waals surface area contributed by atoms with E-state index in [2.05, 4.69) is 46.4 Å². The van der Waals surface area contributed by atoms with Crippen molar-refractivity contribution in [1.29, 1.82) is 0 Å². The van der Waals surface area contributed by atoms with Crippen LogP contribution in [0.2, 0.25) is 0 Å². The van der Waals surface area contributed by atoms with Crippen molar-refractivity contribution in [2.75, 3.05) is 16.8 Å². The van der Waals surface area contributed by atoms with Crippen molar-refractivity contribution in [2.45, 2.75) is 13.3 Å². The molecular formula is C19H20N4. The third-order valence-corrected chi connectivity index (χ3v) is 3.44. The molecular weight excluding hydrogens is 284 g/mol. The van der Waals surface area contributed by atoms with Crippen LogP contribution in [-0.4, -0.2) is 16.5 Å². The lowest BCUT2D eigenvalue weighted by Gasteiger charge is -2.24. The Kier molecular flexibility index (Phi) is 4.84. The van der Waals surface area contributed by atoms with E-state index in [0.29, 0.717) is 0 Å². The quantitative estimate of drug-likeness (QED) is 0.712. The van der Waals surface area contributed by atoms with Crippen LogP contribution in [0.15, 0.2) is 73.1 Å². The van der Waals surface area contributed by atoms with Gasteiger partial charge in [0.05, 0.1) is 12.4 Å². The van der Waals surface area contributed by atoms with E-state index < -0.39 is 0 Å². The molecule has 3 rings (SSSR count). The summed E-state index contributed by atoms with van der Waals surface area (Å²) in [6.07, 6.45) is 4.59. The minimum atomic E-state index is 0.793. The lowest BCUT2D eigenvalue weighted by atomic mass is 10.2. The molecule has 4 heteroatoms. The van der Waals surface area contributed by atoms with Crippen LogP contribution in [0.1, 0.15) is 13.3 Å². The number of hydrogen-bond donors (Lipinski definition) is 1. The molecule has 0 radical (unpaired) electrons. The number of benzene rings is 2. The molecule has 4 nitrogen and oxygen atoms in total. The first kappa shape index (κ1) is 15.0. The maximum absolute atomic E-state index is 4.72. The minimum Gasteiger partial charge on any atom is -0.369 e. The molecule has 23 heavy (non-hydrogen) atoms. The average molecular weight is 304 g/mol. The number of nitrogens with zero attached hydrogens (tertiary/aromatic N) is 3. The van der Waals surface area contributed by atoms with Crippen LogP contribution < -0.4 is 10.2 Å². The molecule has 0 aliphatic heterocycles. The van der Waals surface area contributed by atoms with Gasteiger partial charge in [-0.15, -0.1) is 0 Å². The molecule has 1 aromatic heterocycles. The SMILES string of the molecule is CCCNc1cncc(N(c2ccccc2)c2ccccc2)n1. The van der Waals surface area contributed by atoms with Crippen molar-refractivity contribution in [3.63, 3.8) is 0 Å². The van der Waals surface area contributed by atoms with Crippen LogP contribution >= 0.6 is 0 Å².